The first-order chi connectivity index (χ1) is 9.29. The molecule has 0 unspecified atom stereocenters. The third-order valence-electron chi connectivity index (χ3n) is 3.16. The Kier molecular flexibility index (Phi) is 4.93. The van der Waals surface area contributed by atoms with Gasteiger partial charge in [0.15, 0.2) is 0 Å². The van der Waals surface area contributed by atoms with E-state index in [1.807, 2.05) is 24.4 Å². The van der Waals surface area contributed by atoms with E-state index in [2.05, 4.69) is 35.4 Å². The van der Waals surface area contributed by atoms with Gasteiger partial charge in [0.2, 0.25) is 0 Å². The molecule has 2 rings (SSSR count). The lowest BCUT2D eigenvalue weighted by Gasteiger charge is -2.07. The van der Waals surface area contributed by atoms with Crippen LogP contribution in [0.4, 0.5) is 0 Å². The molecule has 0 saturated carbocycles. The molecule has 0 amide bonds. The van der Waals surface area contributed by atoms with E-state index in [0.717, 1.165) is 31.0 Å². The molecule has 0 fully saturated rings. The van der Waals surface area contributed by atoms with E-state index in [0.29, 0.717) is 0 Å². The molecule has 0 bridgehead atoms. The summed E-state index contributed by atoms with van der Waals surface area (Å²) in [5.41, 5.74) is 3.67. The largest absolute Gasteiger partial charge is 0.497 e. The Morgan fingerprint density at radius 2 is 1.95 bits per heavy atom. The number of methoxy groups -OCH3 is 1. The number of benzene rings is 1. The van der Waals surface area contributed by atoms with Gasteiger partial charge < -0.3 is 10.1 Å². The lowest BCUT2D eigenvalue weighted by molar-refractivity contribution is 0.414. The maximum absolute atomic E-state index is 5.14. The number of ether oxygens (including phenoxy) is 1. The van der Waals surface area contributed by atoms with Crippen molar-refractivity contribution in [3.63, 3.8) is 0 Å². The molecule has 1 heterocycles. The SMILES string of the molecule is COc1ccc(CCNCc2ncccc2C)cc1. The van der Waals surface area contributed by atoms with Crippen LogP contribution in [-0.2, 0) is 13.0 Å². The van der Waals surface area contributed by atoms with Gasteiger partial charge in [-0.3, -0.25) is 4.98 Å². The molecule has 0 spiro atoms. The number of rotatable bonds is 6. The zero-order valence-corrected chi connectivity index (χ0v) is 11.5. The van der Waals surface area contributed by atoms with Gasteiger partial charge in [-0.15, -0.1) is 0 Å². The molecule has 0 radical (unpaired) electrons. The molecule has 0 aliphatic carbocycles. The average Bonchev–Trinajstić information content (AvgIpc) is 2.46. The van der Waals surface area contributed by atoms with Crippen LogP contribution in [-0.4, -0.2) is 18.6 Å². The zero-order valence-electron chi connectivity index (χ0n) is 11.5. The molecule has 19 heavy (non-hydrogen) atoms. The zero-order chi connectivity index (χ0) is 13.5. The standard InChI is InChI=1S/C16H20N2O/c1-13-4-3-10-18-16(13)12-17-11-9-14-5-7-15(19-2)8-6-14/h3-8,10,17H,9,11-12H2,1-2H3. The number of aromatic nitrogens is 1. The van der Waals surface area contributed by atoms with Gasteiger partial charge in [0.25, 0.3) is 0 Å². The van der Waals surface area contributed by atoms with E-state index in [9.17, 15) is 0 Å². The fraction of sp³-hybridized carbons (Fsp3) is 0.312. The first kappa shape index (κ1) is 13.6. The molecule has 2 aromatic rings. The normalized spacial score (nSPS) is 10.4. The van der Waals surface area contributed by atoms with Gasteiger partial charge in [-0.2, -0.15) is 0 Å². The fourth-order valence-corrected chi connectivity index (χ4v) is 1.94. The minimum absolute atomic E-state index is 0.822. The molecule has 1 N–H and O–H groups in total. The summed E-state index contributed by atoms with van der Waals surface area (Å²) in [6, 6.07) is 12.3. The number of hydrogen-bond donors (Lipinski definition) is 1. The molecule has 0 atom stereocenters. The summed E-state index contributed by atoms with van der Waals surface area (Å²) in [6.45, 7) is 3.86. The van der Waals surface area contributed by atoms with Crippen LogP contribution in [0.3, 0.4) is 0 Å². The Hall–Kier alpha value is -1.87. The first-order valence-electron chi connectivity index (χ1n) is 6.54. The third kappa shape index (κ3) is 4.07. The Balaban J connectivity index is 1.76. The minimum Gasteiger partial charge on any atom is -0.497 e. The second-order valence-electron chi connectivity index (χ2n) is 4.54. The van der Waals surface area contributed by atoms with Crippen molar-refractivity contribution in [3.05, 3.63) is 59.4 Å². The van der Waals surface area contributed by atoms with Crippen LogP contribution in [0, 0.1) is 6.92 Å². The van der Waals surface area contributed by atoms with Crippen molar-refractivity contribution in [1.82, 2.24) is 10.3 Å². The summed E-state index contributed by atoms with van der Waals surface area (Å²) in [5.74, 6) is 0.904. The molecular formula is C16H20N2O. The van der Waals surface area contributed by atoms with Gasteiger partial charge >= 0.3 is 0 Å². The number of aryl methyl sites for hydroxylation is 1. The van der Waals surface area contributed by atoms with Crippen LogP contribution in [0.15, 0.2) is 42.6 Å². The van der Waals surface area contributed by atoms with E-state index >= 15 is 0 Å². The summed E-state index contributed by atoms with van der Waals surface area (Å²) < 4.78 is 5.14. The molecule has 0 aliphatic rings. The second-order valence-corrected chi connectivity index (χ2v) is 4.54. The van der Waals surface area contributed by atoms with Crippen molar-refractivity contribution in [3.8, 4) is 5.75 Å². The Morgan fingerprint density at radius 1 is 1.16 bits per heavy atom. The van der Waals surface area contributed by atoms with E-state index < -0.39 is 0 Å². The van der Waals surface area contributed by atoms with Gasteiger partial charge in [-0.05, 0) is 49.2 Å². The van der Waals surface area contributed by atoms with Crippen LogP contribution in [0.1, 0.15) is 16.8 Å². The summed E-state index contributed by atoms with van der Waals surface area (Å²) in [6.07, 6.45) is 2.85. The van der Waals surface area contributed by atoms with Gasteiger partial charge in [-0.1, -0.05) is 18.2 Å². The minimum atomic E-state index is 0.822. The third-order valence-corrected chi connectivity index (χ3v) is 3.16. The highest BCUT2D eigenvalue weighted by atomic mass is 16.5. The second kappa shape index (κ2) is 6.90. The van der Waals surface area contributed by atoms with Crippen LogP contribution in [0.2, 0.25) is 0 Å². The summed E-state index contributed by atoms with van der Waals surface area (Å²) >= 11 is 0. The van der Waals surface area contributed by atoms with E-state index in [1.165, 1.54) is 11.1 Å². The summed E-state index contributed by atoms with van der Waals surface area (Å²) in [4.78, 5) is 4.37. The van der Waals surface area contributed by atoms with Crippen LogP contribution in [0.5, 0.6) is 5.75 Å². The van der Waals surface area contributed by atoms with Gasteiger partial charge in [-0.25, -0.2) is 0 Å². The molecule has 1 aromatic carbocycles. The first-order valence-corrected chi connectivity index (χ1v) is 6.54. The van der Waals surface area contributed by atoms with Gasteiger partial charge in [0.05, 0.1) is 12.8 Å². The van der Waals surface area contributed by atoms with E-state index in [-0.39, 0.29) is 0 Å². The molecule has 3 nitrogen and oxygen atoms in total. The number of pyridine rings is 1. The average molecular weight is 256 g/mol. The highest BCUT2D eigenvalue weighted by molar-refractivity contribution is 5.27. The van der Waals surface area contributed by atoms with Crippen molar-refractivity contribution < 1.29 is 4.74 Å². The molecule has 0 aliphatic heterocycles. The topological polar surface area (TPSA) is 34.1 Å². The molecule has 1 aromatic heterocycles. The van der Waals surface area contributed by atoms with Crippen molar-refractivity contribution in [1.29, 1.82) is 0 Å². The number of nitrogens with zero attached hydrogens (tertiary/aromatic N) is 1. The molecular weight excluding hydrogens is 236 g/mol. The van der Waals surface area contributed by atoms with Crippen molar-refractivity contribution >= 4 is 0 Å². The number of hydrogen-bond acceptors (Lipinski definition) is 3. The van der Waals surface area contributed by atoms with Gasteiger partial charge in [0, 0.05) is 12.7 Å². The quantitative estimate of drug-likeness (QED) is 0.807. The van der Waals surface area contributed by atoms with Crippen molar-refractivity contribution in [2.45, 2.75) is 19.9 Å². The Bertz CT molecular complexity index is 508. The lowest BCUT2D eigenvalue weighted by Crippen LogP contribution is -2.18. The predicted octanol–water partition coefficient (Wildman–Crippen LogP) is 2.73. The van der Waals surface area contributed by atoms with Crippen LogP contribution < -0.4 is 10.1 Å². The van der Waals surface area contributed by atoms with E-state index in [1.54, 1.807) is 7.11 Å². The number of nitrogens with one attached hydrogen (secondary N) is 1. The van der Waals surface area contributed by atoms with Gasteiger partial charge in [0.1, 0.15) is 5.75 Å². The van der Waals surface area contributed by atoms with E-state index in [4.69, 9.17) is 4.74 Å². The molecule has 3 heteroatoms. The fourth-order valence-electron chi connectivity index (χ4n) is 1.94. The highest BCUT2D eigenvalue weighted by Gasteiger charge is 1.98. The Morgan fingerprint density at radius 3 is 2.63 bits per heavy atom. The summed E-state index contributed by atoms with van der Waals surface area (Å²) in [7, 11) is 1.69. The maximum atomic E-state index is 5.14. The predicted molar refractivity (Wildman–Crippen MR) is 77.4 cm³/mol. The van der Waals surface area contributed by atoms with Crippen molar-refractivity contribution in [2.75, 3.05) is 13.7 Å². The maximum Gasteiger partial charge on any atom is 0.118 e. The smallest absolute Gasteiger partial charge is 0.118 e. The Labute approximate surface area is 114 Å². The lowest BCUT2D eigenvalue weighted by atomic mass is 10.1. The van der Waals surface area contributed by atoms with Crippen LogP contribution in [0.25, 0.3) is 0 Å². The summed E-state index contributed by atoms with van der Waals surface area (Å²) in [5, 5.41) is 3.43. The molecule has 0 saturated heterocycles. The van der Waals surface area contributed by atoms with Crippen LogP contribution >= 0.6 is 0 Å². The van der Waals surface area contributed by atoms with Crippen molar-refractivity contribution in [2.24, 2.45) is 0 Å². The molecule has 100 valence electrons. The monoisotopic (exact) mass is 256 g/mol. The highest BCUT2D eigenvalue weighted by Crippen LogP contribution is 2.11.